The van der Waals surface area contributed by atoms with E-state index in [1.165, 1.54) is 4.90 Å². The maximum atomic E-state index is 12.6. The zero-order valence-electron chi connectivity index (χ0n) is 14.5. The number of rotatable bonds is 4. The second kappa shape index (κ2) is 5.83. The number of benzene rings is 1. The first-order valence-electron chi connectivity index (χ1n) is 8.87. The van der Waals surface area contributed by atoms with E-state index in [0.29, 0.717) is 5.56 Å². The first kappa shape index (κ1) is 16.1. The largest absolute Gasteiger partial charge is 0.350 e. The van der Waals surface area contributed by atoms with Gasteiger partial charge in [-0.15, -0.1) is 0 Å². The van der Waals surface area contributed by atoms with Crippen LogP contribution in [0.25, 0.3) is 0 Å². The molecule has 1 N–H and O–H groups in total. The number of hydrogen-bond donors (Lipinski definition) is 1. The van der Waals surface area contributed by atoms with Crippen LogP contribution in [-0.2, 0) is 9.59 Å². The van der Waals surface area contributed by atoms with Gasteiger partial charge in [0.25, 0.3) is 5.91 Å². The number of carbonyl (C=O) groups is 3. The summed E-state index contributed by atoms with van der Waals surface area (Å²) in [6, 6.07) is 5.61. The monoisotopic (exact) mass is 338 g/mol. The zero-order chi connectivity index (χ0) is 17.7. The Morgan fingerprint density at radius 1 is 1.12 bits per heavy atom. The average Bonchev–Trinajstić information content (AvgIpc) is 3.26. The van der Waals surface area contributed by atoms with Gasteiger partial charge >= 0.3 is 0 Å². The molecule has 4 rings (SSSR count). The molecule has 1 aliphatic heterocycles. The van der Waals surface area contributed by atoms with Gasteiger partial charge in [-0.1, -0.05) is 24.3 Å². The number of amides is 3. The lowest BCUT2D eigenvalue weighted by atomic mass is 9.85. The molecule has 2 aliphatic carbocycles. The van der Waals surface area contributed by atoms with Crippen LogP contribution < -0.4 is 5.32 Å². The average molecular weight is 338 g/mol. The van der Waals surface area contributed by atoms with E-state index in [2.05, 4.69) is 17.5 Å². The van der Waals surface area contributed by atoms with Crippen LogP contribution in [0.1, 0.15) is 27.9 Å². The second-order valence-corrected chi connectivity index (χ2v) is 7.33. The van der Waals surface area contributed by atoms with Crippen molar-refractivity contribution in [1.29, 1.82) is 0 Å². The smallest absolute Gasteiger partial charge is 0.251 e. The van der Waals surface area contributed by atoms with Crippen LogP contribution in [-0.4, -0.2) is 35.7 Å². The van der Waals surface area contributed by atoms with Crippen LogP contribution >= 0.6 is 0 Å². The molecule has 0 radical (unpaired) electrons. The number of aryl methyl sites for hydroxylation is 1. The summed E-state index contributed by atoms with van der Waals surface area (Å²) < 4.78 is 0. The lowest BCUT2D eigenvalue weighted by molar-refractivity contribution is -0.140. The molecule has 1 saturated heterocycles. The van der Waals surface area contributed by atoms with E-state index in [1.54, 1.807) is 6.07 Å². The number of allylic oxidation sites excluding steroid dienone is 2. The first-order valence-corrected chi connectivity index (χ1v) is 8.87. The van der Waals surface area contributed by atoms with Gasteiger partial charge in [-0.3, -0.25) is 19.3 Å². The number of likely N-dealkylation sites (tertiary alicyclic amines) is 1. The highest BCUT2D eigenvalue weighted by Gasteiger charge is 2.58. The van der Waals surface area contributed by atoms with Crippen LogP contribution in [0.5, 0.6) is 0 Å². The second-order valence-electron chi connectivity index (χ2n) is 7.33. The summed E-state index contributed by atoms with van der Waals surface area (Å²) in [5.41, 5.74) is 2.65. The van der Waals surface area contributed by atoms with Crippen LogP contribution in [0.4, 0.5) is 0 Å². The Labute approximate surface area is 147 Å². The summed E-state index contributed by atoms with van der Waals surface area (Å²) in [5.74, 6) is -0.181. The Hall–Kier alpha value is -2.43. The van der Waals surface area contributed by atoms with E-state index in [9.17, 15) is 14.4 Å². The molecule has 3 amide bonds. The van der Waals surface area contributed by atoms with E-state index in [4.69, 9.17) is 0 Å². The topological polar surface area (TPSA) is 66.5 Å². The predicted molar refractivity (Wildman–Crippen MR) is 92.7 cm³/mol. The van der Waals surface area contributed by atoms with Gasteiger partial charge in [0.2, 0.25) is 11.8 Å². The number of carbonyl (C=O) groups excluding carboxylic acids is 3. The van der Waals surface area contributed by atoms with Gasteiger partial charge < -0.3 is 5.32 Å². The van der Waals surface area contributed by atoms with Crippen molar-refractivity contribution in [2.75, 3.05) is 13.1 Å². The zero-order valence-corrected chi connectivity index (χ0v) is 14.5. The first-order chi connectivity index (χ1) is 12.0. The maximum absolute atomic E-state index is 12.6. The molecule has 4 atom stereocenters. The number of nitrogens with zero attached hydrogens (tertiary/aromatic N) is 1. The number of imide groups is 1. The van der Waals surface area contributed by atoms with Crippen molar-refractivity contribution in [2.45, 2.75) is 20.3 Å². The third kappa shape index (κ3) is 2.41. The lowest BCUT2D eigenvalue weighted by Crippen LogP contribution is -2.39. The summed E-state index contributed by atoms with van der Waals surface area (Å²) in [6.45, 7) is 4.42. The van der Waals surface area contributed by atoms with Gasteiger partial charge in [0.05, 0.1) is 11.8 Å². The van der Waals surface area contributed by atoms with Gasteiger partial charge in [0.1, 0.15) is 0 Å². The normalized spacial score (nSPS) is 29.4. The summed E-state index contributed by atoms with van der Waals surface area (Å²) in [5, 5.41) is 2.84. The summed E-state index contributed by atoms with van der Waals surface area (Å²) in [6.07, 6.45) is 5.11. The molecule has 3 aliphatic rings. The Morgan fingerprint density at radius 3 is 2.40 bits per heavy atom. The van der Waals surface area contributed by atoms with E-state index in [-0.39, 0.29) is 54.5 Å². The maximum Gasteiger partial charge on any atom is 0.251 e. The van der Waals surface area contributed by atoms with Crippen molar-refractivity contribution >= 4 is 17.7 Å². The molecule has 5 nitrogen and oxygen atoms in total. The molecule has 130 valence electrons. The Kier molecular flexibility index (Phi) is 3.74. The van der Waals surface area contributed by atoms with Gasteiger partial charge in [-0.05, 0) is 49.3 Å². The number of fused-ring (bicyclic) bond motifs is 5. The summed E-state index contributed by atoms with van der Waals surface area (Å²) in [4.78, 5) is 38.9. The molecule has 1 saturated carbocycles. The molecule has 0 aromatic heterocycles. The molecule has 1 aromatic carbocycles. The van der Waals surface area contributed by atoms with Crippen LogP contribution in [0, 0.1) is 37.5 Å². The fourth-order valence-corrected chi connectivity index (χ4v) is 4.56. The minimum atomic E-state index is -0.169. The van der Waals surface area contributed by atoms with Crippen molar-refractivity contribution < 1.29 is 14.4 Å². The van der Waals surface area contributed by atoms with Gasteiger partial charge in [-0.25, -0.2) is 0 Å². The quantitative estimate of drug-likeness (QED) is 0.673. The van der Waals surface area contributed by atoms with E-state index < -0.39 is 0 Å². The highest BCUT2D eigenvalue weighted by molar-refractivity contribution is 6.06. The highest BCUT2D eigenvalue weighted by Crippen LogP contribution is 2.52. The number of nitrogens with one attached hydrogen (secondary N) is 1. The van der Waals surface area contributed by atoms with E-state index in [1.807, 2.05) is 26.0 Å². The van der Waals surface area contributed by atoms with Crippen molar-refractivity contribution in [3.05, 3.63) is 47.0 Å². The van der Waals surface area contributed by atoms with Crippen molar-refractivity contribution in [3.8, 4) is 0 Å². The van der Waals surface area contributed by atoms with E-state index in [0.717, 1.165) is 17.5 Å². The van der Waals surface area contributed by atoms with Crippen LogP contribution in [0.3, 0.4) is 0 Å². The molecular formula is C20H22N2O3. The summed E-state index contributed by atoms with van der Waals surface area (Å²) >= 11 is 0. The molecule has 0 spiro atoms. The van der Waals surface area contributed by atoms with Gasteiger partial charge in [-0.2, -0.15) is 0 Å². The fourth-order valence-electron chi connectivity index (χ4n) is 4.56. The minimum Gasteiger partial charge on any atom is -0.350 e. The Bertz CT molecular complexity index is 768. The van der Waals surface area contributed by atoms with Crippen LogP contribution in [0.15, 0.2) is 30.4 Å². The molecular weight excluding hydrogens is 316 g/mol. The van der Waals surface area contributed by atoms with Crippen LogP contribution in [0.2, 0.25) is 0 Å². The molecule has 2 fully saturated rings. The highest BCUT2D eigenvalue weighted by atomic mass is 16.2. The van der Waals surface area contributed by atoms with Crippen molar-refractivity contribution in [3.63, 3.8) is 0 Å². The molecule has 1 heterocycles. The Balaban J connectivity index is 1.38. The molecule has 25 heavy (non-hydrogen) atoms. The Morgan fingerprint density at radius 2 is 1.76 bits per heavy atom. The SMILES string of the molecule is Cc1cccc(C(=O)NCCN2C(=O)C3C4C=CC(C4)C3C2=O)c1C. The van der Waals surface area contributed by atoms with Gasteiger partial charge in [0, 0.05) is 18.7 Å². The predicted octanol–water partition coefficient (Wildman–Crippen LogP) is 1.84. The van der Waals surface area contributed by atoms with Crippen molar-refractivity contribution in [2.24, 2.45) is 23.7 Å². The summed E-state index contributed by atoms with van der Waals surface area (Å²) in [7, 11) is 0. The molecule has 1 aromatic rings. The lowest BCUT2D eigenvalue weighted by Gasteiger charge is -2.17. The standard InChI is InChI=1S/C20H22N2O3/c1-11-4-3-5-15(12(11)2)18(23)21-8-9-22-19(24)16-13-6-7-14(10-13)17(16)20(22)25/h3-7,13-14,16-17H,8-10H2,1-2H3,(H,21,23). The number of hydrogen-bond acceptors (Lipinski definition) is 3. The van der Waals surface area contributed by atoms with Gasteiger partial charge in [0.15, 0.2) is 0 Å². The third-order valence-corrected chi connectivity index (χ3v) is 6.03. The minimum absolute atomic E-state index is 0.0622. The van der Waals surface area contributed by atoms with E-state index >= 15 is 0 Å². The molecule has 4 unspecified atom stereocenters. The fraction of sp³-hybridized carbons (Fsp3) is 0.450. The third-order valence-electron chi connectivity index (χ3n) is 6.03. The molecule has 5 heteroatoms. The molecule has 2 bridgehead atoms. The van der Waals surface area contributed by atoms with Crippen molar-refractivity contribution in [1.82, 2.24) is 10.2 Å².